The number of fused-ring (bicyclic) bond motifs is 1. The largest absolute Gasteiger partial charge is 0.356 e. The lowest BCUT2D eigenvalue weighted by Crippen LogP contribution is -2.36. The van der Waals surface area contributed by atoms with Gasteiger partial charge in [0.1, 0.15) is 0 Å². The Morgan fingerprint density at radius 1 is 1.28 bits per heavy atom. The number of thioether (sulfide) groups is 1. The van der Waals surface area contributed by atoms with Crippen molar-refractivity contribution in [3.8, 4) is 0 Å². The van der Waals surface area contributed by atoms with Gasteiger partial charge >= 0.3 is 6.03 Å². The Bertz CT molecular complexity index is 628. The summed E-state index contributed by atoms with van der Waals surface area (Å²) in [5, 5.41) is 9.44. The number of unbranched alkanes of at least 4 members (excludes halogenated alkanes) is 1. The van der Waals surface area contributed by atoms with Gasteiger partial charge in [-0.15, -0.1) is 0 Å². The number of carbonyl (C=O) groups is 2. The van der Waals surface area contributed by atoms with Crippen molar-refractivity contribution in [3.63, 3.8) is 0 Å². The molecule has 0 saturated carbocycles. The predicted molar refractivity (Wildman–Crippen MR) is 105 cm³/mol. The maximum atomic E-state index is 11.9. The third-order valence-corrected chi connectivity index (χ3v) is 7.04. The average molecular weight is 426 g/mol. The minimum Gasteiger partial charge on any atom is -0.356 e. The van der Waals surface area contributed by atoms with Gasteiger partial charge in [0.05, 0.1) is 12.1 Å². The lowest BCUT2D eigenvalue weighted by molar-refractivity contribution is -0.121. The molecule has 2 fully saturated rings. The van der Waals surface area contributed by atoms with Crippen molar-refractivity contribution in [2.75, 3.05) is 12.3 Å². The van der Waals surface area contributed by atoms with Crippen molar-refractivity contribution in [2.45, 2.75) is 49.4 Å². The second-order valence-corrected chi connectivity index (χ2v) is 8.69. The van der Waals surface area contributed by atoms with E-state index < -0.39 is 0 Å². The Kier molecular flexibility index (Phi) is 6.64. The summed E-state index contributed by atoms with van der Waals surface area (Å²) < 4.78 is 1.09. The van der Waals surface area contributed by atoms with Crippen LogP contribution in [-0.4, -0.2) is 41.6 Å². The van der Waals surface area contributed by atoms with Gasteiger partial charge in [-0.25, -0.2) is 4.79 Å². The summed E-state index contributed by atoms with van der Waals surface area (Å²) >= 11 is 5.45. The second kappa shape index (κ2) is 8.94. The normalized spacial score (nSPS) is 24.5. The molecule has 0 aromatic heterocycles. The van der Waals surface area contributed by atoms with Gasteiger partial charge in [-0.1, -0.05) is 40.5 Å². The summed E-state index contributed by atoms with van der Waals surface area (Å²) in [5.74, 6) is 1.11. The van der Waals surface area contributed by atoms with Crippen LogP contribution in [0.3, 0.4) is 0 Å². The maximum absolute atomic E-state index is 11.9. The Morgan fingerprint density at radius 2 is 2.12 bits per heavy atom. The molecule has 0 spiro atoms. The summed E-state index contributed by atoms with van der Waals surface area (Å²) in [5.41, 5.74) is 1.21. The molecule has 2 heterocycles. The van der Waals surface area contributed by atoms with E-state index in [4.69, 9.17) is 0 Å². The van der Waals surface area contributed by atoms with Crippen LogP contribution in [0, 0.1) is 0 Å². The van der Waals surface area contributed by atoms with Gasteiger partial charge in [0.2, 0.25) is 5.91 Å². The van der Waals surface area contributed by atoms with Crippen molar-refractivity contribution >= 4 is 39.6 Å². The molecule has 3 atom stereocenters. The third-order valence-electron chi connectivity index (χ3n) is 4.75. The summed E-state index contributed by atoms with van der Waals surface area (Å²) in [6.07, 6.45) is 4.39. The molecule has 0 aliphatic carbocycles. The molecule has 0 bridgehead atoms. The van der Waals surface area contributed by atoms with E-state index in [-0.39, 0.29) is 24.0 Å². The standard InChI is InChI=1S/C18H24BrN3O2S/c19-13-6-2-1-5-12(13)9-10-20-16(23)8-4-3-7-15-17-14(11-25-15)21-18(24)22-17/h1-2,5-6,14-15,17H,3-4,7-11H2,(H,20,23)(H2,21,22,24)/t14-,15-,17-/m0/s1. The minimum absolute atomic E-state index is 0.0373. The smallest absolute Gasteiger partial charge is 0.315 e. The predicted octanol–water partition coefficient (Wildman–Crippen LogP) is 2.83. The van der Waals surface area contributed by atoms with Gasteiger partial charge in [0, 0.05) is 28.4 Å². The molecule has 3 N–H and O–H groups in total. The van der Waals surface area contributed by atoms with Crippen LogP contribution in [0.25, 0.3) is 0 Å². The van der Waals surface area contributed by atoms with Crippen LogP contribution in [0.2, 0.25) is 0 Å². The van der Waals surface area contributed by atoms with Crippen LogP contribution >= 0.6 is 27.7 Å². The Hall–Kier alpha value is -1.21. The molecule has 136 valence electrons. The molecular weight excluding hydrogens is 402 g/mol. The fourth-order valence-corrected chi connectivity index (χ4v) is 5.43. The molecule has 1 aromatic rings. The molecule has 5 nitrogen and oxygen atoms in total. The van der Waals surface area contributed by atoms with E-state index >= 15 is 0 Å². The second-order valence-electron chi connectivity index (χ2n) is 6.56. The van der Waals surface area contributed by atoms with Crippen LogP contribution in [-0.2, 0) is 11.2 Å². The van der Waals surface area contributed by atoms with E-state index in [0.29, 0.717) is 18.2 Å². The van der Waals surface area contributed by atoms with Crippen molar-refractivity contribution in [1.82, 2.24) is 16.0 Å². The van der Waals surface area contributed by atoms with Crippen molar-refractivity contribution in [1.29, 1.82) is 0 Å². The van der Waals surface area contributed by atoms with Crippen LogP contribution in [0.1, 0.15) is 31.2 Å². The first kappa shape index (κ1) is 18.6. The Morgan fingerprint density at radius 3 is 2.96 bits per heavy atom. The highest BCUT2D eigenvalue weighted by atomic mass is 79.9. The highest BCUT2D eigenvalue weighted by Gasteiger charge is 2.42. The number of nitrogens with one attached hydrogen (secondary N) is 3. The number of rotatable bonds is 8. The first-order valence-electron chi connectivity index (χ1n) is 8.82. The van der Waals surface area contributed by atoms with Gasteiger partial charge in [-0.3, -0.25) is 4.79 Å². The highest BCUT2D eigenvalue weighted by Crippen LogP contribution is 2.33. The number of benzene rings is 1. The number of amides is 3. The molecule has 3 rings (SSSR count). The van der Waals surface area contributed by atoms with E-state index in [1.165, 1.54) is 5.56 Å². The Labute approximate surface area is 161 Å². The molecule has 3 amide bonds. The van der Waals surface area contributed by atoms with Crippen LogP contribution in [0.5, 0.6) is 0 Å². The monoisotopic (exact) mass is 425 g/mol. The number of halogens is 1. The van der Waals surface area contributed by atoms with E-state index in [0.717, 1.165) is 35.9 Å². The van der Waals surface area contributed by atoms with Gasteiger partial charge in [0.15, 0.2) is 0 Å². The fraction of sp³-hybridized carbons (Fsp3) is 0.556. The van der Waals surface area contributed by atoms with Gasteiger partial charge in [0.25, 0.3) is 0 Å². The SMILES string of the molecule is O=C(CCCC[C@@H]1SC[C@@H]2NC(=O)N[C@@H]21)NCCc1ccccc1Br. The third kappa shape index (κ3) is 5.14. The molecule has 25 heavy (non-hydrogen) atoms. The van der Waals surface area contributed by atoms with Crippen LogP contribution < -0.4 is 16.0 Å². The van der Waals surface area contributed by atoms with E-state index in [1.54, 1.807) is 0 Å². The molecule has 2 aliphatic rings. The van der Waals surface area contributed by atoms with E-state index in [2.05, 4.69) is 37.9 Å². The first-order chi connectivity index (χ1) is 12.1. The number of carbonyl (C=O) groups excluding carboxylic acids is 2. The lowest BCUT2D eigenvalue weighted by atomic mass is 10.0. The van der Waals surface area contributed by atoms with Crippen LogP contribution in [0.4, 0.5) is 4.79 Å². The number of urea groups is 1. The number of hydrogen-bond acceptors (Lipinski definition) is 3. The molecule has 2 aliphatic heterocycles. The van der Waals surface area contributed by atoms with Crippen molar-refractivity contribution in [3.05, 3.63) is 34.3 Å². The molecular formula is C18H24BrN3O2S. The fourth-order valence-electron chi connectivity index (χ4n) is 3.40. The van der Waals surface area contributed by atoms with Gasteiger partial charge in [-0.05, 0) is 30.9 Å². The zero-order valence-corrected chi connectivity index (χ0v) is 16.5. The maximum Gasteiger partial charge on any atom is 0.315 e. The lowest BCUT2D eigenvalue weighted by Gasteiger charge is -2.16. The van der Waals surface area contributed by atoms with Crippen LogP contribution in [0.15, 0.2) is 28.7 Å². The quantitative estimate of drug-likeness (QED) is 0.442. The molecule has 1 aromatic carbocycles. The number of hydrogen-bond donors (Lipinski definition) is 3. The summed E-state index contributed by atoms with van der Waals surface area (Å²) in [6, 6.07) is 8.59. The average Bonchev–Trinajstić information content (AvgIpc) is 3.13. The van der Waals surface area contributed by atoms with Crippen molar-refractivity contribution < 1.29 is 9.59 Å². The molecule has 2 saturated heterocycles. The first-order valence-corrected chi connectivity index (χ1v) is 10.7. The zero-order valence-electron chi connectivity index (χ0n) is 14.1. The summed E-state index contributed by atoms with van der Waals surface area (Å²) in [4.78, 5) is 23.3. The molecule has 0 radical (unpaired) electrons. The Balaban J connectivity index is 1.27. The summed E-state index contributed by atoms with van der Waals surface area (Å²) in [7, 11) is 0. The summed E-state index contributed by atoms with van der Waals surface area (Å²) in [6.45, 7) is 0.668. The van der Waals surface area contributed by atoms with E-state index in [1.807, 2.05) is 30.0 Å². The minimum atomic E-state index is -0.0373. The highest BCUT2D eigenvalue weighted by molar-refractivity contribution is 9.10. The topological polar surface area (TPSA) is 70.2 Å². The molecule has 0 unspecified atom stereocenters. The van der Waals surface area contributed by atoms with Gasteiger partial charge < -0.3 is 16.0 Å². The zero-order chi connectivity index (χ0) is 17.6. The molecule has 7 heteroatoms. The van der Waals surface area contributed by atoms with E-state index in [9.17, 15) is 9.59 Å². The van der Waals surface area contributed by atoms with Gasteiger partial charge in [-0.2, -0.15) is 11.8 Å². The van der Waals surface area contributed by atoms with Crippen molar-refractivity contribution in [2.24, 2.45) is 0 Å².